The number of benzene rings is 2. The van der Waals surface area contributed by atoms with Gasteiger partial charge in [0.2, 0.25) is 23.5 Å². The number of ketones is 2. The van der Waals surface area contributed by atoms with E-state index in [-0.39, 0.29) is 24.5 Å². The fraction of sp³-hybridized carbons (Fsp3) is 0.487. The smallest absolute Gasteiger partial charge is 0.339 e. The molecule has 0 saturated heterocycles. The molecule has 0 heterocycles. The van der Waals surface area contributed by atoms with E-state index in [1.165, 1.54) is 6.92 Å². The summed E-state index contributed by atoms with van der Waals surface area (Å²) in [5.41, 5.74) is -1.75. The van der Waals surface area contributed by atoms with Crippen LogP contribution in [0.5, 0.6) is 0 Å². The molecule has 2 aromatic rings. The van der Waals surface area contributed by atoms with Crippen LogP contribution in [0.25, 0.3) is 0 Å². The summed E-state index contributed by atoms with van der Waals surface area (Å²) in [6.07, 6.45) is 3.64. The average Bonchev–Trinajstić information content (AvgIpc) is 3.15. The zero-order chi connectivity index (χ0) is 40.8. The summed E-state index contributed by atoms with van der Waals surface area (Å²) in [7, 11) is 0. The van der Waals surface area contributed by atoms with Crippen molar-refractivity contribution in [2.75, 3.05) is 6.54 Å². The normalized spacial score (nSPS) is 15.1. The van der Waals surface area contributed by atoms with Gasteiger partial charge in [-0.15, -0.1) is 0 Å². The van der Waals surface area contributed by atoms with E-state index >= 15 is 0 Å². The molecule has 1 aliphatic rings. The third-order valence-corrected chi connectivity index (χ3v) is 9.26. The molecule has 1 saturated carbocycles. The second-order valence-electron chi connectivity index (χ2n) is 14.0. The first-order valence-corrected chi connectivity index (χ1v) is 18.3. The van der Waals surface area contributed by atoms with Gasteiger partial charge >= 0.3 is 5.97 Å². The third kappa shape index (κ3) is 12.5. The molecule has 14 nitrogen and oxygen atoms in total. The number of hydrogen-bond acceptors (Lipinski definition) is 8. The topological polar surface area (TPSA) is 217 Å². The van der Waals surface area contributed by atoms with Crippen molar-refractivity contribution in [1.29, 1.82) is 0 Å². The Balaban J connectivity index is 1.76. The van der Waals surface area contributed by atoms with E-state index in [1.807, 2.05) is 0 Å². The standard InChI is InChI=1S/C39H49F2N5O9/c1-5-12-27(34(49)38(53)42-20-29(48)45-32(22(4)47)23-13-8-6-9-14-23)43-35(50)28(19-21(2)3)44-37(52)33(24-15-10-7-11-16-24)46-36(51)30-25(40)17-18-26(41)31(30)39(54)55/h6,8-9,13-14,17-18,21,24,27-28,32-33H,5,7,10-12,15-16,19-20H2,1-4H3,(H,42,53)(H,43,50)(H,44,52)(H,45,48)(H,46,51)(H,54,55)/t27-,28-,32+,33-/m0/s1. The van der Waals surface area contributed by atoms with E-state index in [0.29, 0.717) is 49.8 Å². The number of aromatic carboxylic acids is 1. The number of carboxylic acids is 1. The zero-order valence-electron chi connectivity index (χ0n) is 31.3. The maximum absolute atomic E-state index is 14.8. The van der Waals surface area contributed by atoms with Crippen LogP contribution in [0, 0.1) is 23.5 Å². The molecule has 298 valence electrons. The number of carbonyl (C=O) groups is 8. The molecule has 0 unspecified atom stereocenters. The number of carboxylic acid groups (broad SMARTS) is 1. The highest BCUT2D eigenvalue weighted by atomic mass is 19.1. The monoisotopic (exact) mass is 769 g/mol. The Kier molecular flexibility index (Phi) is 16.6. The van der Waals surface area contributed by atoms with E-state index in [0.717, 1.165) is 6.42 Å². The van der Waals surface area contributed by atoms with Gasteiger partial charge in [-0.05, 0) is 62.1 Å². The third-order valence-electron chi connectivity index (χ3n) is 9.26. The summed E-state index contributed by atoms with van der Waals surface area (Å²) in [6, 6.07) is 4.65. The summed E-state index contributed by atoms with van der Waals surface area (Å²) in [5.74, 6) is -11.5. The van der Waals surface area contributed by atoms with Crippen LogP contribution in [-0.4, -0.2) is 76.8 Å². The summed E-state index contributed by atoms with van der Waals surface area (Å²) in [5, 5.41) is 21.8. The Hall–Kier alpha value is -5.54. The molecule has 0 radical (unpaired) electrons. The van der Waals surface area contributed by atoms with Crippen LogP contribution in [0.3, 0.4) is 0 Å². The Bertz CT molecular complexity index is 1750. The average molecular weight is 770 g/mol. The van der Waals surface area contributed by atoms with Gasteiger partial charge in [0.1, 0.15) is 35.3 Å². The number of hydrogen-bond donors (Lipinski definition) is 6. The van der Waals surface area contributed by atoms with Crippen molar-refractivity contribution in [3.63, 3.8) is 0 Å². The Labute approximate surface area is 318 Å². The minimum Gasteiger partial charge on any atom is -0.478 e. The molecule has 55 heavy (non-hydrogen) atoms. The van der Waals surface area contributed by atoms with Gasteiger partial charge in [0.25, 0.3) is 11.8 Å². The minimum atomic E-state index is -1.88. The van der Waals surface area contributed by atoms with E-state index in [2.05, 4.69) is 26.6 Å². The molecule has 2 aromatic carbocycles. The van der Waals surface area contributed by atoms with Crippen molar-refractivity contribution >= 4 is 47.1 Å². The second-order valence-corrected chi connectivity index (χ2v) is 14.0. The highest BCUT2D eigenvalue weighted by molar-refractivity contribution is 6.38. The van der Waals surface area contributed by atoms with E-state index in [1.54, 1.807) is 51.1 Å². The zero-order valence-corrected chi connectivity index (χ0v) is 31.3. The number of rotatable bonds is 19. The lowest BCUT2D eigenvalue weighted by molar-refractivity contribution is -0.141. The number of nitrogens with one attached hydrogen (secondary N) is 5. The number of halogens is 2. The SMILES string of the molecule is CCC[C@H](NC(=O)[C@H](CC(C)C)NC(=O)[C@@H](NC(=O)c1c(F)ccc(F)c1C(=O)O)C1CCCCC1)C(=O)C(=O)NCC(=O)N[C@H](C(C)=O)c1ccccc1. The fourth-order valence-electron chi connectivity index (χ4n) is 6.54. The maximum Gasteiger partial charge on any atom is 0.339 e. The summed E-state index contributed by atoms with van der Waals surface area (Å²) in [4.78, 5) is 104. The minimum absolute atomic E-state index is 0.0266. The van der Waals surface area contributed by atoms with Crippen LogP contribution in [0.4, 0.5) is 8.78 Å². The number of amides is 5. The van der Waals surface area contributed by atoms with Gasteiger partial charge in [0.15, 0.2) is 5.78 Å². The van der Waals surface area contributed by atoms with Crippen LogP contribution in [-0.2, 0) is 28.8 Å². The van der Waals surface area contributed by atoms with E-state index in [4.69, 9.17) is 0 Å². The van der Waals surface area contributed by atoms with Crippen LogP contribution in [0.2, 0.25) is 0 Å². The highest BCUT2D eigenvalue weighted by Gasteiger charge is 2.37. The van der Waals surface area contributed by atoms with Crippen LogP contribution in [0.1, 0.15) is 111 Å². The van der Waals surface area contributed by atoms with Crippen molar-refractivity contribution in [3.05, 3.63) is 70.8 Å². The van der Waals surface area contributed by atoms with Crippen LogP contribution in [0.15, 0.2) is 42.5 Å². The second kappa shape index (κ2) is 20.8. The molecule has 5 amide bonds. The Morgan fingerprint density at radius 3 is 1.95 bits per heavy atom. The van der Waals surface area contributed by atoms with Crippen LogP contribution < -0.4 is 26.6 Å². The van der Waals surface area contributed by atoms with E-state index < -0.39 is 101 Å². The van der Waals surface area contributed by atoms with Crippen molar-refractivity contribution in [2.24, 2.45) is 11.8 Å². The fourth-order valence-corrected chi connectivity index (χ4v) is 6.54. The van der Waals surface area contributed by atoms with Gasteiger partial charge in [-0.25, -0.2) is 13.6 Å². The first kappa shape index (κ1) is 43.9. The van der Waals surface area contributed by atoms with E-state index in [9.17, 15) is 52.2 Å². The number of Topliss-reactive ketones (excluding diaryl/α,β-unsaturated/α-hetero) is 2. The predicted octanol–water partition coefficient (Wildman–Crippen LogP) is 3.29. The van der Waals surface area contributed by atoms with Gasteiger partial charge in [0.05, 0.1) is 18.2 Å². The molecule has 16 heteroatoms. The van der Waals surface area contributed by atoms with Crippen LogP contribution >= 0.6 is 0 Å². The van der Waals surface area contributed by atoms with Crippen molar-refractivity contribution in [1.82, 2.24) is 26.6 Å². The molecule has 1 aliphatic carbocycles. The van der Waals surface area contributed by atoms with Gasteiger partial charge in [0, 0.05) is 0 Å². The quantitative estimate of drug-likeness (QED) is 0.115. The summed E-state index contributed by atoms with van der Waals surface area (Å²) in [6.45, 7) is 5.92. The maximum atomic E-state index is 14.8. The summed E-state index contributed by atoms with van der Waals surface area (Å²) < 4.78 is 29.2. The van der Waals surface area contributed by atoms with Crippen molar-refractivity contribution in [2.45, 2.75) is 103 Å². The highest BCUT2D eigenvalue weighted by Crippen LogP contribution is 2.28. The molecule has 0 aromatic heterocycles. The largest absolute Gasteiger partial charge is 0.478 e. The first-order valence-electron chi connectivity index (χ1n) is 18.3. The lowest BCUT2D eigenvalue weighted by Gasteiger charge is -2.32. The molecule has 4 atom stereocenters. The number of carbonyl (C=O) groups excluding carboxylic acids is 7. The molecule has 0 bridgehead atoms. The van der Waals surface area contributed by atoms with Crippen molar-refractivity contribution in [3.8, 4) is 0 Å². The molecule has 0 aliphatic heterocycles. The molecule has 3 rings (SSSR count). The van der Waals surface area contributed by atoms with Gasteiger partial charge < -0.3 is 31.7 Å². The lowest BCUT2D eigenvalue weighted by Crippen LogP contribution is -2.58. The summed E-state index contributed by atoms with van der Waals surface area (Å²) >= 11 is 0. The van der Waals surface area contributed by atoms with Gasteiger partial charge in [-0.2, -0.15) is 0 Å². The van der Waals surface area contributed by atoms with Crippen molar-refractivity contribution < 1.29 is 52.2 Å². The Morgan fingerprint density at radius 1 is 0.782 bits per heavy atom. The van der Waals surface area contributed by atoms with Gasteiger partial charge in [-0.3, -0.25) is 33.6 Å². The molecule has 0 spiro atoms. The lowest BCUT2D eigenvalue weighted by atomic mass is 9.83. The molecular weight excluding hydrogens is 720 g/mol. The Morgan fingerprint density at radius 2 is 1.38 bits per heavy atom. The molecule has 6 N–H and O–H groups in total. The molecular formula is C39H49F2N5O9. The first-order chi connectivity index (χ1) is 26.0. The predicted molar refractivity (Wildman–Crippen MR) is 195 cm³/mol. The molecule has 1 fully saturated rings. The van der Waals surface area contributed by atoms with Gasteiger partial charge in [-0.1, -0.05) is 76.8 Å².